The maximum absolute atomic E-state index is 12.9. The van der Waals surface area contributed by atoms with Gasteiger partial charge in [-0.2, -0.15) is 18.4 Å². The number of hydrazone groups is 1. The number of nitrogens with one attached hydrogen (secondary N) is 1. The van der Waals surface area contributed by atoms with Crippen LogP contribution < -0.4 is 9.57 Å². The average molecular weight is 501 g/mol. The van der Waals surface area contributed by atoms with Crippen molar-refractivity contribution in [1.29, 1.82) is 0 Å². The highest BCUT2D eigenvalue weighted by Crippen LogP contribution is 2.32. The number of furan rings is 1. The topological polar surface area (TPSA) is 98.0 Å². The zero-order valence-electron chi connectivity index (χ0n) is 19.4. The first-order valence-corrected chi connectivity index (χ1v) is 12.7. The SMILES string of the molecule is Cc1ccc(S(=O)(=O)N/N=C2\CCCc3oc(C(=O)Oc4cc(C)c(Cl)c(C)c4)c(C)c32)cc1. The fraction of sp³-hybridized carbons (Fsp3) is 0.280. The van der Waals surface area contributed by atoms with Gasteiger partial charge in [0.05, 0.1) is 10.6 Å². The van der Waals surface area contributed by atoms with Crippen LogP contribution >= 0.6 is 11.6 Å². The average Bonchev–Trinajstić information content (AvgIpc) is 3.13. The second-order valence-electron chi connectivity index (χ2n) is 8.43. The van der Waals surface area contributed by atoms with E-state index in [1.54, 1.807) is 31.2 Å². The van der Waals surface area contributed by atoms with Crippen molar-refractivity contribution >= 4 is 33.3 Å². The van der Waals surface area contributed by atoms with E-state index in [-0.39, 0.29) is 10.7 Å². The summed E-state index contributed by atoms with van der Waals surface area (Å²) in [5.41, 5.74) is 4.30. The predicted molar refractivity (Wildman–Crippen MR) is 130 cm³/mol. The number of nitrogens with zero attached hydrogens (tertiary/aromatic N) is 1. The Labute approximate surface area is 203 Å². The first kappa shape index (κ1) is 24.0. The molecule has 9 heteroatoms. The van der Waals surface area contributed by atoms with Crippen LogP contribution in [0.25, 0.3) is 0 Å². The molecule has 3 aromatic rings. The molecule has 0 fully saturated rings. The maximum Gasteiger partial charge on any atom is 0.379 e. The molecule has 0 spiro atoms. The molecule has 0 bridgehead atoms. The van der Waals surface area contributed by atoms with E-state index in [9.17, 15) is 13.2 Å². The van der Waals surface area contributed by atoms with Gasteiger partial charge in [0.2, 0.25) is 5.76 Å². The molecule has 178 valence electrons. The smallest absolute Gasteiger partial charge is 0.379 e. The third kappa shape index (κ3) is 4.74. The minimum Gasteiger partial charge on any atom is -0.453 e. The van der Waals surface area contributed by atoms with Crippen molar-refractivity contribution in [2.45, 2.75) is 51.9 Å². The number of carbonyl (C=O) groups is 1. The molecule has 0 atom stereocenters. The van der Waals surface area contributed by atoms with Crippen molar-refractivity contribution < 1.29 is 22.4 Å². The normalized spacial score (nSPS) is 14.7. The molecular weight excluding hydrogens is 476 g/mol. The Balaban J connectivity index is 1.60. The third-order valence-corrected chi connectivity index (χ3v) is 7.58. The number of rotatable bonds is 5. The Morgan fingerprint density at radius 2 is 1.71 bits per heavy atom. The van der Waals surface area contributed by atoms with E-state index in [2.05, 4.69) is 9.93 Å². The van der Waals surface area contributed by atoms with E-state index in [0.29, 0.717) is 46.2 Å². The van der Waals surface area contributed by atoms with Crippen LogP contribution in [0.5, 0.6) is 5.75 Å². The quantitative estimate of drug-likeness (QED) is 0.287. The Hall–Kier alpha value is -3.10. The van der Waals surface area contributed by atoms with Crippen molar-refractivity contribution in [2.24, 2.45) is 5.10 Å². The highest BCUT2D eigenvalue weighted by Gasteiger charge is 2.29. The summed E-state index contributed by atoms with van der Waals surface area (Å²) in [6.45, 7) is 7.30. The Morgan fingerprint density at radius 3 is 2.35 bits per heavy atom. The fourth-order valence-electron chi connectivity index (χ4n) is 3.98. The first-order chi connectivity index (χ1) is 16.1. The van der Waals surface area contributed by atoms with Gasteiger partial charge in [-0.15, -0.1) is 0 Å². The van der Waals surface area contributed by atoms with Crippen molar-refractivity contribution in [3.8, 4) is 5.75 Å². The maximum atomic E-state index is 12.9. The number of hydrogen-bond donors (Lipinski definition) is 1. The number of sulfonamides is 1. The monoisotopic (exact) mass is 500 g/mol. The second kappa shape index (κ2) is 9.27. The van der Waals surface area contributed by atoms with Gasteiger partial charge in [-0.05, 0) is 75.9 Å². The van der Waals surface area contributed by atoms with Gasteiger partial charge in [-0.25, -0.2) is 4.79 Å². The van der Waals surface area contributed by atoms with Gasteiger partial charge in [0.25, 0.3) is 10.0 Å². The lowest BCUT2D eigenvalue weighted by Gasteiger charge is -2.14. The van der Waals surface area contributed by atoms with E-state index in [1.165, 1.54) is 12.1 Å². The molecule has 0 unspecified atom stereocenters. The summed E-state index contributed by atoms with van der Waals surface area (Å²) in [5.74, 6) is 0.407. The summed E-state index contributed by atoms with van der Waals surface area (Å²) in [4.78, 5) is 15.3. The van der Waals surface area contributed by atoms with Crippen molar-refractivity contribution in [3.05, 3.63) is 80.8 Å². The molecule has 0 amide bonds. The number of hydrogen-bond acceptors (Lipinski definition) is 6. The van der Waals surface area contributed by atoms with Gasteiger partial charge in [0, 0.05) is 22.6 Å². The molecule has 1 aromatic heterocycles. The number of fused-ring (bicyclic) bond motifs is 1. The van der Waals surface area contributed by atoms with Gasteiger partial charge in [-0.1, -0.05) is 29.3 Å². The first-order valence-electron chi connectivity index (χ1n) is 10.8. The minimum absolute atomic E-state index is 0.0752. The summed E-state index contributed by atoms with van der Waals surface area (Å²) in [5, 5.41) is 4.82. The number of halogens is 1. The molecule has 0 saturated heterocycles. The van der Waals surface area contributed by atoms with Crippen LogP contribution in [0.4, 0.5) is 0 Å². The molecule has 4 rings (SSSR count). The minimum atomic E-state index is -3.82. The van der Waals surface area contributed by atoms with Crippen molar-refractivity contribution in [1.82, 2.24) is 4.83 Å². The summed E-state index contributed by atoms with van der Waals surface area (Å²) in [7, 11) is -3.82. The molecule has 1 aliphatic rings. The van der Waals surface area contributed by atoms with E-state index in [4.69, 9.17) is 20.8 Å². The van der Waals surface area contributed by atoms with E-state index >= 15 is 0 Å². The van der Waals surface area contributed by atoms with E-state index in [0.717, 1.165) is 23.1 Å². The van der Waals surface area contributed by atoms with E-state index in [1.807, 2.05) is 20.8 Å². The van der Waals surface area contributed by atoms with Crippen LogP contribution in [-0.2, 0) is 16.4 Å². The van der Waals surface area contributed by atoms with Gasteiger partial charge in [0.15, 0.2) is 0 Å². The highest BCUT2D eigenvalue weighted by molar-refractivity contribution is 7.89. The molecule has 1 aliphatic carbocycles. The number of aryl methyl sites for hydroxylation is 4. The van der Waals surface area contributed by atoms with Crippen LogP contribution in [0.2, 0.25) is 5.02 Å². The van der Waals surface area contributed by atoms with Crippen molar-refractivity contribution in [2.75, 3.05) is 0 Å². The van der Waals surface area contributed by atoms with Gasteiger partial charge in [0.1, 0.15) is 11.5 Å². The number of carbonyl (C=O) groups excluding carboxylic acids is 1. The number of esters is 1. The van der Waals surface area contributed by atoms with Crippen LogP contribution in [0.1, 0.15) is 57.0 Å². The molecule has 1 N–H and O–H groups in total. The Kier molecular flexibility index (Phi) is 6.55. The lowest BCUT2D eigenvalue weighted by atomic mass is 9.93. The lowest BCUT2D eigenvalue weighted by molar-refractivity contribution is 0.0698. The van der Waals surface area contributed by atoms with Crippen LogP contribution in [0.15, 0.2) is 50.8 Å². The highest BCUT2D eigenvalue weighted by atomic mass is 35.5. The molecule has 0 aliphatic heterocycles. The van der Waals surface area contributed by atoms with Gasteiger partial charge in [-0.3, -0.25) is 0 Å². The molecule has 7 nitrogen and oxygen atoms in total. The molecular formula is C25H25ClN2O5S. The summed E-state index contributed by atoms with van der Waals surface area (Å²) in [6.07, 6.45) is 1.88. The zero-order valence-corrected chi connectivity index (χ0v) is 20.9. The zero-order chi connectivity index (χ0) is 24.6. The molecule has 0 radical (unpaired) electrons. The van der Waals surface area contributed by atoms with Crippen LogP contribution in [-0.4, -0.2) is 20.1 Å². The molecule has 34 heavy (non-hydrogen) atoms. The van der Waals surface area contributed by atoms with Gasteiger partial charge >= 0.3 is 5.97 Å². The third-order valence-electron chi connectivity index (χ3n) is 5.76. The van der Waals surface area contributed by atoms with Gasteiger partial charge < -0.3 is 9.15 Å². The van der Waals surface area contributed by atoms with E-state index < -0.39 is 16.0 Å². The fourth-order valence-corrected chi connectivity index (χ4v) is 4.92. The summed E-state index contributed by atoms with van der Waals surface area (Å²) in [6, 6.07) is 9.89. The largest absolute Gasteiger partial charge is 0.453 e. The number of benzene rings is 2. The second-order valence-corrected chi connectivity index (χ2v) is 10.5. The molecule has 2 aromatic carbocycles. The lowest BCUT2D eigenvalue weighted by Crippen LogP contribution is -2.22. The molecule has 1 heterocycles. The van der Waals surface area contributed by atoms with Crippen LogP contribution in [0.3, 0.4) is 0 Å². The molecule has 0 saturated carbocycles. The number of ether oxygens (including phenoxy) is 1. The van der Waals surface area contributed by atoms with Crippen molar-refractivity contribution in [3.63, 3.8) is 0 Å². The Morgan fingerprint density at radius 1 is 1.06 bits per heavy atom. The summed E-state index contributed by atoms with van der Waals surface area (Å²) >= 11 is 6.20. The predicted octanol–water partition coefficient (Wildman–Crippen LogP) is 5.40. The Bertz CT molecular complexity index is 1380. The van der Waals surface area contributed by atoms with Crippen LogP contribution in [0, 0.1) is 27.7 Å². The standard InChI is InChI=1S/C25H25ClN2O5S/c1-14-8-10-19(11-9-14)34(30,31)28-27-20-6-5-7-21-22(20)17(4)24(33-21)25(29)32-18-12-15(2)23(26)16(3)13-18/h8-13,28H,5-7H2,1-4H3/b27-20+. The summed E-state index contributed by atoms with van der Waals surface area (Å²) < 4.78 is 36.7.